The third kappa shape index (κ3) is 3.23. The maximum absolute atomic E-state index is 4.59. The van der Waals surface area contributed by atoms with Gasteiger partial charge in [0.05, 0.1) is 5.69 Å². The summed E-state index contributed by atoms with van der Waals surface area (Å²) in [5.41, 5.74) is 1.88. The lowest BCUT2D eigenvalue weighted by Crippen LogP contribution is -2.38. The fourth-order valence-corrected chi connectivity index (χ4v) is 3.86. The first-order chi connectivity index (χ1) is 11.3. The molecule has 6 heteroatoms. The van der Waals surface area contributed by atoms with Gasteiger partial charge >= 0.3 is 0 Å². The molecule has 0 atom stereocenters. The maximum atomic E-state index is 4.59. The van der Waals surface area contributed by atoms with Crippen molar-refractivity contribution in [2.45, 2.75) is 38.5 Å². The lowest BCUT2D eigenvalue weighted by Gasteiger charge is -2.32. The standard InChI is InChI=1S/C17H26N6/c1-14-4-5-16-18-19-17(23(16)20-14)15-6-10-22(11-7-15)13-12-21-8-2-3-9-21/h4-5,15H,2-3,6-13H2,1H3. The van der Waals surface area contributed by atoms with Gasteiger partial charge in [-0.05, 0) is 70.9 Å². The Labute approximate surface area is 137 Å². The van der Waals surface area contributed by atoms with E-state index in [2.05, 4.69) is 25.1 Å². The maximum Gasteiger partial charge on any atom is 0.177 e. The van der Waals surface area contributed by atoms with Crippen LogP contribution in [0, 0.1) is 6.92 Å². The predicted octanol–water partition coefficient (Wildman–Crippen LogP) is 1.71. The van der Waals surface area contributed by atoms with Crippen molar-refractivity contribution in [2.24, 2.45) is 0 Å². The molecule has 2 saturated heterocycles. The molecule has 0 bridgehead atoms. The summed E-state index contributed by atoms with van der Waals surface area (Å²) in [4.78, 5) is 5.21. The lowest BCUT2D eigenvalue weighted by atomic mass is 9.96. The second kappa shape index (κ2) is 6.53. The molecule has 2 aromatic heterocycles. The first-order valence-corrected chi connectivity index (χ1v) is 8.93. The number of hydrogen-bond donors (Lipinski definition) is 0. The molecule has 0 spiro atoms. The highest BCUT2D eigenvalue weighted by Crippen LogP contribution is 2.26. The Hall–Kier alpha value is -1.53. The number of piperidine rings is 1. The molecule has 0 aromatic carbocycles. The zero-order valence-corrected chi connectivity index (χ0v) is 14.0. The van der Waals surface area contributed by atoms with Crippen molar-refractivity contribution in [3.8, 4) is 0 Å². The zero-order valence-electron chi connectivity index (χ0n) is 14.0. The van der Waals surface area contributed by atoms with Gasteiger partial charge in [-0.1, -0.05) is 0 Å². The van der Waals surface area contributed by atoms with Crippen molar-refractivity contribution in [3.05, 3.63) is 23.7 Å². The van der Waals surface area contributed by atoms with Crippen LogP contribution >= 0.6 is 0 Å². The van der Waals surface area contributed by atoms with Crippen molar-refractivity contribution in [1.82, 2.24) is 29.6 Å². The van der Waals surface area contributed by atoms with Gasteiger partial charge in [0.1, 0.15) is 0 Å². The van der Waals surface area contributed by atoms with Crippen LogP contribution in [0.3, 0.4) is 0 Å². The van der Waals surface area contributed by atoms with E-state index in [0.29, 0.717) is 5.92 Å². The van der Waals surface area contributed by atoms with E-state index in [9.17, 15) is 0 Å². The second-order valence-electron chi connectivity index (χ2n) is 6.97. The summed E-state index contributed by atoms with van der Waals surface area (Å²) in [5, 5.41) is 13.3. The Morgan fingerprint density at radius 2 is 1.65 bits per heavy atom. The summed E-state index contributed by atoms with van der Waals surface area (Å²) in [6.07, 6.45) is 5.09. The van der Waals surface area contributed by atoms with Crippen LogP contribution in [0.2, 0.25) is 0 Å². The molecule has 0 radical (unpaired) electrons. The molecule has 0 amide bonds. The zero-order chi connectivity index (χ0) is 15.6. The summed E-state index contributed by atoms with van der Waals surface area (Å²) in [5.74, 6) is 1.53. The summed E-state index contributed by atoms with van der Waals surface area (Å²) in [7, 11) is 0. The lowest BCUT2D eigenvalue weighted by molar-refractivity contribution is 0.182. The molecule has 4 rings (SSSR count). The number of aryl methyl sites for hydroxylation is 1. The Morgan fingerprint density at radius 3 is 2.39 bits per heavy atom. The van der Waals surface area contributed by atoms with Gasteiger partial charge in [-0.3, -0.25) is 0 Å². The Bertz CT molecular complexity index is 652. The van der Waals surface area contributed by atoms with Gasteiger partial charge < -0.3 is 9.80 Å². The molecule has 2 aliphatic rings. The fraction of sp³-hybridized carbons (Fsp3) is 0.706. The molecule has 6 nitrogen and oxygen atoms in total. The van der Waals surface area contributed by atoms with E-state index in [1.54, 1.807) is 0 Å². The number of aromatic nitrogens is 4. The van der Waals surface area contributed by atoms with Crippen molar-refractivity contribution >= 4 is 5.65 Å². The molecule has 4 heterocycles. The predicted molar refractivity (Wildman–Crippen MR) is 89.6 cm³/mol. The highest BCUT2D eigenvalue weighted by molar-refractivity contribution is 5.36. The average Bonchev–Trinajstić information content (AvgIpc) is 3.22. The highest BCUT2D eigenvalue weighted by atomic mass is 15.4. The normalized spacial score (nSPS) is 21.4. The van der Waals surface area contributed by atoms with E-state index in [1.807, 2.05) is 23.6 Å². The van der Waals surface area contributed by atoms with Crippen LogP contribution in [-0.4, -0.2) is 68.9 Å². The molecule has 0 saturated carbocycles. The average molecular weight is 314 g/mol. The first kappa shape index (κ1) is 15.0. The molecule has 2 aromatic rings. The number of nitrogens with zero attached hydrogens (tertiary/aromatic N) is 6. The van der Waals surface area contributed by atoms with Gasteiger partial charge in [0, 0.05) is 19.0 Å². The summed E-state index contributed by atoms with van der Waals surface area (Å²) in [6, 6.07) is 4.00. The molecule has 0 N–H and O–H groups in total. The fourth-order valence-electron chi connectivity index (χ4n) is 3.86. The highest BCUT2D eigenvalue weighted by Gasteiger charge is 2.25. The van der Waals surface area contributed by atoms with E-state index in [-0.39, 0.29) is 0 Å². The monoisotopic (exact) mass is 314 g/mol. The van der Waals surface area contributed by atoms with Crippen LogP contribution < -0.4 is 0 Å². The summed E-state index contributed by atoms with van der Waals surface area (Å²) < 4.78 is 1.94. The van der Waals surface area contributed by atoms with E-state index >= 15 is 0 Å². The summed E-state index contributed by atoms with van der Waals surface area (Å²) >= 11 is 0. The second-order valence-corrected chi connectivity index (χ2v) is 6.97. The molecule has 0 unspecified atom stereocenters. The van der Waals surface area contributed by atoms with Crippen molar-refractivity contribution < 1.29 is 0 Å². The van der Waals surface area contributed by atoms with Crippen LogP contribution in [0.5, 0.6) is 0 Å². The van der Waals surface area contributed by atoms with E-state index in [0.717, 1.165) is 30.0 Å². The number of rotatable bonds is 4. The van der Waals surface area contributed by atoms with Gasteiger partial charge in [0.2, 0.25) is 0 Å². The quantitative estimate of drug-likeness (QED) is 0.860. The first-order valence-electron chi connectivity index (χ1n) is 8.93. The number of likely N-dealkylation sites (tertiary alicyclic amines) is 2. The molecular formula is C17H26N6. The largest absolute Gasteiger partial charge is 0.302 e. The van der Waals surface area contributed by atoms with Crippen LogP contribution in [0.4, 0.5) is 0 Å². The van der Waals surface area contributed by atoms with E-state index in [4.69, 9.17) is 0 Å². The SMILES string of the molecule is Cc1ccc2nnc(C3CCN(CCN4CCCC4)CC3)n2n1. The summed E-state index contributed by atoms with van der Waals surface area (Å²) in [6.45, 7) is 9.40. The van der Waals surface area contributed by atoms with Crippen LogP contribution in [0.1, 0.15) is 43.1 Å². The third-order valence-electron chi connectivity index (χ3n) is 5.30. The molecular weight excluding hydrogens is 288 g/mol. The molecule has 124 valence electrons. The smallest absolute Gasteiger partial charge is 0.177 e. The molecule has 2 fully saturated rings. The van der Waals surface area contributed by atoms with E-state index < -0.39 is 0 Å². The molecule has 2 aliphatic heterocycles. The van der Waals surface area contributed by atoms with Crippen molar-refractivity contribution in [2.75, 3.05) is 39.3 Å². The van der Waals surface area contributed by atoms with E-state index in [1.165, 1.54) is 52.1 Å². The topological polar surface area (TPSA) is 49.6 Å². The number of hydrogen-bond acceptors (Lipinski definition) is 5. The van der Waals surface area contributed by atoms with Crippen LogP contribution in [-0.2, 0) is 0 Å². The minimum atomic E-state index is 0.488. The Balaban J connectivity index is 1.36. The van der Waals surface area contributed by atoms with Gasteiger partial charge in [-0.2, -0.15) is 9.61 Å². The van der Waals surface area contributed by atoms with Gasteiger partial charge in [0.25, 0.3) is 0 Å². The van der Waals surface area contributed by atoms with Crippen LogP contribution in [0.15, 0.2) is 12.1 Å². The van der Waals surface area contributed by atoms with Crippen molar-refractivity contribution in [3.63, 3.8) is 0 Å². The number of fused-ring (bicyclic) bond motifs is 1. The molecule has 0 aliphatic carbocycles. The Kier molecular flexibility index (Phi) is 4.27. The van der Waals surface area contributed by atoms with Gasteiger partial charge in [0.15, 0.2) is 11.5 Å². The van der Waals surface area contributed by atoms with Crippen LogP contribution in [0.25, 0.3) is 5.65 Å². The minimum absolute atomic E-state index is 0.488. The van der Waals surface area contributed by atoms with Gasteiger partial charge in [-0.25, -0.2) is 0 Å². The molecule has 23 heavy (non-hydrogen) atoms. The van der Waals surface area contributed by atoms with Crippen molar-refractivity contribution in [1.29, 1.82) is 0 Å². The Morgan fingerprint density at radius 1 is 0.957 bits per heavy atom. The van der Waals surface area contributed by atoms with Gasteiger partial charge in [-0.15, -0.1) is 10.2 Å². The third-order valence-corrected chi connectivity index (χ3v) is 5.30. The minimum Gasteiger partial charge on any atom is -0.302 e.